The average Bonchev–Trinajstić information content (AvgIpc) is 2.25. The number of hydrogen-bond acceptors (Lipinski definition) is 2. The SMILES string of the molecule is C#CCCC(=O)c1ncccc1CC. The summed E-state index contributed by atoms with van der Waals surface area (Å²) >= 11 is 0. The summed E-state index contributed by atoms with van der Waals surface area (Å²) in [7, 11) is 0. The Morgan fingerprint density at radius 2 is 2.43 bits per heavy atom. The molecule has 0 aromatic carbocycles. The van der Waals surface area contributed by atoms with Gasteiger partial charge in [0, 0.05) is 19.0 Å². The van der Waals surface area contributed by atoms with Crippen molar-refractivity contribution in [3.63, 3.8) is 0 Å². The monoisotopic (exact) mass is 187 g/mol. The summed E-state index contributed by atoms with van der Waals surface area (Å²) in [6, 6.07) is 3.77. The van der Waals surface area contributed by atoms with E-state index < -0.39 is 0 Å². The molecule has 0 spiro atoms. The largest absolute Gasteiger partial charge is 0.292 e. The van der Waals surface area contributed by atoms with Crippen molar-refractivity contribution in [2.45, 2.75) is 26.2 Å². The normalized spacial score (nSPS) is 9.43. The molecule has 0 fully saturated rings. The van der Waals surface area contributed by atoms with Crippen molar-refractivity contribution in [2.75, 3.05) is 0 Å². The minimum absolute atomic E-state index is 0.0420. The zero-order valence-corrected chi connectivity index (χ0v) is 8.29. The molecule has 0 aliphatic rings. The fourth-order valence-corrected chi connectivity index (χ4v) is 1.28. The van der Waals surface area contributed by atoms with Crippen LogP contribution in [0.1, 0.15) is 35.8 Å². The highest BCUT2D eigenvalue weighted by molar-refractivity contribution is 5.95. The quantitative estimate of drug-likeness (QED) is 0.534. The van der Waals surface area contributed by atoms with Crippen LogP contribution in [0.2, 0.25) is 0 Å². The van der Waals surface area contributed by atoms with Gasteiger partial charge in [-0.05, 0) is 18.1 Å². The third-order valence-electron chi connectivity index (χ3n) is 2.03. The Morgan fingerprint density at radius 3 is 3.07 bits per heavy atom. The van der Waals surface area contributed by atoms with Crippen molar-refractivity contribution in [1.29, 1.82) is 0 Å². The molecule has 0 amide bonds. The van der Waals surface area contributed by atoms with Gasteiger partial charge >= 0.3 is 0 Å². The van der Waals surface area contributed by atoms with Gasteiger partial charge in [0.15, 0.2) is 5.78 Å². The third kappa shape index (κ3) is 2.43. The van der Waals surface area contributed by atoms with Crippen LogP contribution < -0.4 is 0 Å². The number of Topliss-reactive ketones (excluding diaryl/α,β-unsaturated/α-hetero) is 1. The van der Waals surface area contributed by atoms with Crippen LogP contribution in [0, 0.1) is 12.3 Å². The van der Waals surface area contributed by atoms with Crippen LogP contribution in [0.15, 0.2) is 18.3 Å². The average molecular weight is 187 g/mol. The molecule has 0 radical (unpaired) electrons. The lowest BCUT2D eigenvalue weighted by Crippen LogP contribution is -2.05. The fraction of sp³-hybridized carbons (Fsp3) is 0.333. The lowest BCUT2D eigenvalue weighted by Gasteiger charge is -2.03. The molecule has 0 saturated carbocycles. The molecule has 2 nitrogen and oxygen atoms in total. The molecule has 2 heteroatoms. The van der Waals surface area contributed by atoms with E-state index in [4.69, 9.17) is 6.42 Å². The molecule has 0 atom stereocenters. The molecule has 0 unspecified atom stereocenters. The highest BCUT2D eigenvalue weighted by Crippen LogP contribution is 2.09. The van der Waals surface area contributed by atoms with Crippen LogP contribution >= 0.6 is 0 Å². The number of hydrogen-bond donors (Lipinski definition) is 0. The van der Waals surface area contributed by atoms with Crippen molar-refractivity contribution < 1.29 is 4.79 Å². The van der Waals surface area contributed by atoms with Crippen molar-refractivity contribution in [1.82, 2.24) is 4.98 Å². The van der Waals surface area contributed by atoms with Crippen LogP contribution in [-0.2, 0) is 6.42 Å². The van der Waals surface area contributed by atoms with E-state index in [0.29, 0.717) is 18.5 Å². The van der Waals surface area contributed by atoms with Crippen molar-refractivity contribution >= 4 is 5.78 Å². The molecule has 0 N–H and O–H groups in total. The summed E-state index contributed by atoms with van der Waals surface area (Å²) in [6.07, 6.45) is 8.44. The van der Waals surface area contributed by atoms with Crippen molar-refractivity contribution in [3.8, 4) is 12.3 Å². The van der Waals surface area contributed by atoms with Gasteiger partial charge in [-0.2, -0.15) is 0 Å². The molecule has 1 rings (SSSR count). The molecule has 0 aliphatic heterocycles. The molecule has 1 aromatic rings. The Labute approximate surface area is 84.4 Å². The van der Waals surface area contributed by atoms with Gasteiger partial charge in [-0.3, -0.25) is 9.78 Å². The van der Waals surface area contributed by atoms with Crippen LogP contribution in [0.3, 0.4) is 0 Å². The van der Waals surface area contributed by atoms with Crippen LogP contribution in [0.5, 0.6) is 0 Å². The maximum atomic E-state index is 11.6. The second-order valence-electron chi connectivity index (χ2n) is 2.99. The van der Waals surface area contributed by atoms with E-state index >= 15 is 0 Å². The fourth-order valence-electron chi connectivity index (χ4n) is 1.28. The Balaban J connectivity index is 2.84. The minimum Gasteiger partial charge on any atom is -0.292 e. The molecule has 14 heavy (non-hydrogen) atoms. The van der Waals surface area contributed by atoms with Gasteiger partial charge in [-0.25, -0.2) is 0 Å². The molecule has 1 heterocycles. The minimum atomic E-state index is 0.0420. The van der Waals surface area contributed by atoms with Crippen molar-refractivity contribution in [3.05, 3.63) is 29.6 Å². The second-order valence-corrected chi connectivity index (χ2v) is 2.99. The molecule has 0 aliphatic carbocycles. The highest BCUT2D eigenvalue weighted by atomic mass is 16.1. The Kier molecular flexibility index (Phi) is 3.87. The number of carbonyl (C=O) groups excluding carboxylic acids is 1. The highest BCUT2D eigenvalue weighted by Gasteiger charge is 2.10. The third-order valence-corrected chi connectivity index (χ3v) is 2.03. The molecule has 0 saturated heterocycles. The molecule has 0 bridgehead atoms. The number of terminal acetylenes is 1. The van der Waals surface area contributed by atoms with E-state index in [9.17, 15) is 4.79 Å². The standard InChI is InChI=1S/C12H13NO/c1-3-5-8-11(14)12-10(4-2)7-6-9-13-12/h1,6-7,9H,4-5,8H2,2H3. The summed E-state index contributed by atoms with van der Waals surface area (Å²) in [5.74, 6) is 2.50. The van der Waals surface area contributed by atoms with Gasteiger partial charge in [-0.15, -0.1) is 12.3 Å². The number of aryl methyl sites for hydroxylation is 1. The first kappa shape index (κ1) is 10.5. The summed E-state index contributed by atoms with van der Waals surface area (Å²) in [5.41, 5.74) is 1.57. The van der Waals surface area contributed by atoms with E-state index in [-0.39, 0.29) is 5.78 Å². The van der Waals surface area contributed by atoms with E-state index in [1.807, 2.05) is 19.1 Å². The Hall–Kier alpha value is -1.62. The lowest BCUT2D eigenvalue weighted by molar-refractivity contribution is 0.0978. The smallest absolute Gasteiger partial charge is 0.182 e. The summed E-state index contributed by atoms with van der Waals surface area (Å²) < 4.78 is 0. The second kappa shape index (κ2) is 5.18. The summed E-state index contributed by atoms with van der Waals surface area (Å²) in [6.45, 7) is 2.01. The molecule has 72 valence electrons. The first-order chi connectivity index (χ1) is 6.79. The van der Waals surface area contributed by atoms with Gasteiger partial charge in [0.2, 0.25) is 0 Å². The van der Waals surface area contributed by atoms with E-state index in [1.54, 1.807) is 6.20 Å². The Morgan fingerprint density at radius 1 is 1.64 bits per heavy atom. The predicted molar refractivity (Wildman–Crippen MR) is 56.0 cm³/mol. The number of aromatic nitrogens is 1. The van der Waals surface area contributed by atoms with Gasteiger partial charge in [0.05, 0.1) is 0 Å². The molecular weight excluding hydrogens is 174 g/mol. The number of pyridine rings is 1. The van der Waals surface area contributed by atoms with Gasteiger partial charge < -0.3 is 0 Å². The lowest BCUT2D eigenvalue weighted by atomic mass is 10.1. The number of nitrogens with zero attached hydrogens (tertiary/aromatic N) is 1. The predicted octanol–water partition coefficient (Wildman–Crippen LogP) is 2.24. The zero-order chi connectivity index (χ0) is 10.4. The van der Waals surface area contributed by atoms with Gasteiger partial charge in [-0.1, -0.05) is 13.0 Å². The van der Waals surface area contributed by atoms with Gasteiger partial charge in [0.25, 0.3) is 0 Å². The molecular formula is C12H13NO. The van der Waals surface area contributed by atoms with E-state index in [2.05, 4.69) is 10.9 Å². The number of carbonyl (C=O) groups is 1. The summed E-state index contributed by atoms with van der Waals surface area (Å²) in [5, 5.41) is 0. The Bertz CT molecular complexity index is 363. The first-order valence-electron chi connectivity index (χ1n) is 4.70. The first-order valence-corrected chi connectivity index (χ1v) is 4.70. The van der Waals surface area contributed by atoms with E-state index in [0.717, 1.165) is 12.0 Å². The zero-order valence-electron chi connectivity index (χ0n) is 8.29. The van der Waals surface area contributed by atoms with Gasteiger partial charge in [0.1, 0.15) is 5.69 Å². The topological polar surface area (TPSA) is 30.0 Å². The van der Waals surface area contributed by atoms with Crippen LogP contribution in [-0.4, -0.2) is 10.8 Å². The maximum Gasteiger partial charge on any atom is 0.182 e. The number of rotatable bonds is 4. The molecule has 1 aromatic heterocycles. The number of ketones is 1. The van der Waals surface area contributed by atoms with Crippen molar-refractivity contribution in [2.24, 2.45) is 0 Å². The van der Waals surface area contributed by atoms with Crippen LogP contribution in [0.25, 0.3) is 0 Å². The van der Waals surface area contributed by atoms with Crippen LogP contribution in [0.4, 0.5) is 0 Å². The van der Waals surface area contributed by atoms with E-state index in [1.165, 1.54) is 0 Å². The summed E-state index contributed by atoms with van der Waals surface area (Å²) in [4.78, 5) is 15.7. The maximum absolute atomic E-state index is 11.6.